The second-order valence-electron chi connectivity index (χ2n) is 4.95. The maximum absolute atomic E-state index is 4.34. The summed E-state index contributed by atoms with van der Waals surface area (Å²) in [5.41, 5.74) is 2.36. The molecule has 2 heterocycles. The van der Waals surface area contributed by atoms with Crippen LogP contribution in [0.3, 0.4) is 0 Å². The molecule has 1 atom stereocenters. The molecule has 0 saturated carbocycles. The average Bonchev–Trinajstić information content (AvgIpc) is 2.74. The summed E-state index contributed by atoms with van der Waals surface area (Å²) in [7, 11) is 4.21. The van der Waals surface area contributed by atoms with Gasteiger partial charge in [-0.25, -0.2) is 0 Å². The van der Waals surface area contributed by atoms with Crippen LogP contribution >= 0.6 is 0 Å². The Morgan fingerprint density at radius 3 is 2.88 bits per heavy atom. The van der Waals surface area contributed by atoms with Crippen molar-refractivity contribution < 1.29 is 0 Å². The van der Waals surface area contributed by atoms with Gasteiger partial charge in [-0.1, -0.05) is 0 Å². The third-order valence-electron chi connectivity index (χ3n) is 3.33. The highest BCUT2D eigenvalue weighted by atomic mass is 15.3. The quantitative estimate of drug-likeness (QED) is 0.817. The van der Waals surface area contributed by atoms with E-state index in [4.69, 9.17) is 0 Å². The highest BCUT2D eigenvalue weighted by Gasteiger charge is 2.18. The first-order valence-electron chi connectivity index (χ1n) is 6.04. The van der Waals surface area contributed by atoms with E-state index in [1.165, 1.54) is 25.2 Å². The van der Waals surface area contributed by atoms with Crippen molar-refractivity contribution in [3.8, 4) is 0 Å². The molecule has 0 bridgehead atoms. The molecule has 1 fully saturated rings. The van der Waals surface area contributed by atoms with Crippen molar-refractivity contribution in [1.82, 2.24) is 20.0 Å². The zero-order valence-corrected chi connectivity index (χ0v) is 10.5. The summed E-state index contributed by atoms with van der Waals surface area (Å²) in [4.78, 5) is 2.40. The van der Waals surface area contributed by atoms with Gasteiger partial charge in [0.1, 0.15) is 0 Å². The Kier molecular flexibility index (Phi) is 3.61. The highest BCUT2D eigenvalue weighted by Crippen LogP contribution is 2.13. The van der Waals surface area contributed by atoms with E-state index in [0.29, 0.717) is 0 Å². The molecule has 2 rings (SSSR count). The van der Waals surface area contributed by atoms with Gasteiger partial charge in [-0.15, -0.1) is 0 Å². The molecule has 90 valence electrons. The summed E-state index contributed by atoms with van der Waals surface area (Å²) < 4.78 is 1.96. The second kappa shape index (κ2) is 4.97. The number of likely N-dealkylation sites (tertiary alicyclic amines) is 1. The number of aryl methyl sites for hydroxylation is 2. The van der Waals surface area contributed by atoms with E-state index in [1.54, 1.807) is 0 Å². The van der Waals surface area contributed by atoms with Gasteiger partial charge < -0.3 is 10.2 Å². The first-order chi connectivity index (χ1) is 7.65. The Hall–Kier alpha value is -0.870. The van der Waals surface area contributed by atoms with Crippen LogP contribution in [-0.2, 0) is 13.6 Å². The number of hydrogen-bond acceptors (Lipinski definition) is 3. The van der Waals surface area contributed by atoms with Crippen LogP contribution in [0, 0.1) is 12.8 Å². The molecule has 16 heavy (non-hydrogen) atoms. The molecule has 1 aromatic heterocycles. The summed E-state index contributed by atoms with van der Waals surface area (Å²) in [6.07, 6.45) is 1.33. The van der Waals surface area contributed by atoms with Gasteiger partial charge in [0.05, 0.1) is 11.4 Å². The molecule has 0 radical (unpaired) electrons. The van der Waals surface area contributed by atoms with Gasteiger partial charge in [0, 0.05) is 20.1 Å². The predicted molar refractivity (Wildman–Crippen MR) is 65.3 cm³/mol. The van der Waals surface area contributed by atoms with E-state index in [2.05, 4.69) is 28.4 Å². The lowest BCUT2D eigenvalue weighted by Gasteiger charge is -2.11. The molecule has 1 aromatic rings. The van der Waals surface area contributed by atoms with Crippen molar-refractivity contribution >= 4 is 0 Å². The number of hydrogen-bond donors (Lipinski definition) is 1. The van der Waals surface area contributed by atoms with Crippen LogP contribution in [0.15, 0.2) is 6.07 Å². The minimum absolute atomic E-state index is 0.819. The lowest BCUT2D eigenvalue weighted by molar-refractivity contribution is 0.387. The van der Waals surface area contributed by atoms with Crippen molar-refractivity contribution in [3.63, 3.8) is 0 Å². The Morgan fingerprint density at radius 1 is 1.50 bits per heavy atom. The largest absolute Gasteiger partial charge is 0.311 e. The van der Waals surface area contributed by atoms with Crippen LogP contribution in [0.1, 0.15) is 17.8 Å². The van der Waals surface area contributed by atoms with Crippen LogP contribution < -0.4 is 5.32 Å². The van der Waals surface area contributed by atoms with Gasteiger partial charge in [-0.05, 0) is 45.5 Å². The van der Waals surface area contributed by atoms with Gasteiger partial charge in [-0.2, -0.15) is 5.10 Å². The van der Waals surface area contributed by atoms with Crippen molar-refractivity contribution in [3.05, 3.63) is 17.5 Å². The third kappa shape index (κ3) is 2.83. The Labute approximate surface area is 97.6 Å². The number of nitrogens with one attached hydrogen (secondary N) is 1. The highest BCUT2D eigenvalue weighted by molar-refractivity contribution is 5.08. The van der Waals surface area contributed by atoms with Crippen molar-refractivity contribution in [1.29, 1.82) is 0 Å². The average molecular weight is 222 g/mol. The zero-order valence-electron chi connectivity index (χ0n) is 10.5. The van der Waals surface area contributed by atoms with E-state index in [1.807, 2.05) is 18.7 Å². The third-order valence-corrected chi connectivity index (χ3v) is 3.33. The van der Waals surface area contributed by atoms with Gasteiger partial charge in [0.25, 0.3) is 0 Å². The summed E-state index contributed by atoms with van der Waals surface area (Å²) in [5, 5.41) is 7.87. The van der Waals surface area contributed by atoms with Gasteiger partial charge >= 0.3 is 0 Å². The standard InChI is InChI=1S/C12H22N4/c1-10-6-12(16(3)14-10)8-13-7-11-4-5-15(2)9-11/h6,11,13H,4-5,7-9H2,1-3H3. The number of aromatic nitrogens is 2. The number of nitrogens with zero attached hydrogens (tertiary/aromatic N) is 3. The molecule has 0 aromatic carbocycles. The van der Waals surface area contributed by atoms with Crippen molar-refractivity contribution in [2.45, 2.75) is 19.9 Å². The van der Waals surface area contributed by atoms with Crippen molar-refractivity contribution in [2.75, 3.05) is 26.7 Å². The predicted octanol–water partition coefficient (Wildman–Crippen LogP) is 0.770. The van der Waals surface area contributed by atoms with Crippen LogP contribution in [0.25, 0.3) is 0 Å². The molecule has 1 aliphatic heterocycles. The van der Waals surface area contributed by atoms with E-state index in [0.717, 1.165) is 24.7 Å². The van der Waals surface area contributed by atoms with Gasteiger partial charge in [0.15, 0.2) is 0 Å². The van der Waals surface area contributed by atoms with Crippen LogP contribution in [0.2, 0.25) is 0 Å². The molecule has 1 N–H and O–H groups in total. The van der Waals surface area contributed by atoms with E-state index in [9.17, 15) is 0 Å². The maximum Gasteiger partial charge on any atom is 0.0597 e. The Morgan fingerprint density at radius 2 is 2.31 bits per heavy atom. The molecule has 1 aliphatic rings. The van der Waals surface area contributed by atoms with Crippen LogP contribution in [-0.4, -0.2) is 41.4 Å². The minimum atomic E-state index is 0.819. The molecule has 4 heteroatoms. The molecule has 0 spiro atoms. The smallest absolute Gasteiger partial charge is 0.0597 e. The molecule has 0 aliphatic carbocycles. The van der Waals surface area contributed by atoms with Crippen LogP contribution in [0.5, 0.6) is 0 Å². The topological polar surface area (TPSA) is 33.1 Å². The maximum atomic E-state index is 4.34. The Balaban J connectivity index is 1.74. The minimum Gasteiger partial charge on any atom is -0.311 e. The molecular weight excluding hydrogens is 200 g/mol. The SMILES string of the molecule is Cc1cc(CNCC2CCN(C)C2)n(C)n1. The summed E-state index contributed by atoms with van der Waals surface area (Å²) >= 11 is 0. The normalized spacial score (nSPS) is 21.8. The fraction of sp³-hybridized carbons (Fsp3) is 0.750. The van der Waals surface area contributed by atoms with E-state index >= 15 is 0 Å². The summed E-state index contributed by atoms with van der Waals surface area (Å²) in [5.74, 6) is 0.819. The first kappa shape index (κ1) is 11.6. The molecule has 4 nitrogen and oxygen atoms in total. The monoisotopic (exact) mass is 222 g/mol. The van der Waals surface area contributed by atoms with E-state index in [-0.39, 0.29) is 0 Å². The summed E-state index contributed by atoms with van der Waals surface area (Å²) in [6.45, 7) is 6.57. The Bertz CT molecular complexity index is 345. The first-order valence-corrected chi connectivity index (χ1v) is 6.04. The lowest BCUT2D eigenvalue weighted by atomic mass is 10.1. The number of rotatable bonds is 4. The zero-order chi connectivity index (χ0) is 11.5. The molecule has 0 amide bonds. The fourth-order valence-corrected chi connectivity index (χ4v) is 2.43. The van der Waals surface area contributed by atoms with E-state index < -0.39 is 0 Å². The van der Waals surface area contributed by atoms with Crippen molar-refractivity contribution in [2.24, 2.45) is 13.0 Å². The second-order valence-corrected chi connectivity index (χ2v) is 4.95. The molecule has 1 unspecified atom stereocenters. The van der Waals surface area contributed by atoms with Gasteiger partial charge in [0.2, 0.25) is 0 Å². The molecular formula is C12H22N4. The van der Waals surface area contributed by atoms with Gasteiger partial charge in [-0.3, -0.25) is 4.68 Å². The summed E-state index contributed by atoms with van der Waals surface area (Å²) in [6, 6.07) is 2.15. The van der Waals surface area contributed by atoms with Crippen LogP contribution in [0.4, 0.5) is 0 Å². The fourth-order valence-electron chi connectivity index (χ4n) is 2.43. The molecule has 1 saturated heterocycles. The lowest BCUT2D eigenvalue weighted by Crippen LogP contribution is -2.25.